The van der Waals surface area contributed by atoms with Crippen molar-refractivity contribution in [3.63, 3.8) is 0 Å². The lowest BCUT2D eigenvalue weighted by Crippen LogP contribution is -2.39. The molecular formula is C22H22INSSi. The average Bonchev–Trinajstić information content (AvgIpc) is 3.01. The van der Waals surface area contributed by atoms with Crippen LogP contribution in [0, 0.1) is 6.92 Å². The Bertz CT molecular complexity index is 1110. The highest BCUT2D eigenvalue weighted by molar-refractivity contribution is 14.1. The maximum atomic E-state index is 2.48. The molecule has 0 aliphatic heterocycles. The third kappa shape index (κ3) is 2.98. The molecule has 1 nitrogen and oxygen atoms in total. The molecule has 132 valence electrons. The number of fused-ring (bicyclic) bond motifs is 3. The van der Waals surface area contributed by atoms with Gasteiger partial charge in [0.25, 0.3) is 0 Å². The van der Waals surface area contributed by atoms with E-state index in [1.165, 1.54) is 42.3 Å². The smallest absolute Gasteiger partial charge is 0.0803 e. The van der Waals surface area contributed by atoms with Crippen LogP contribution in [0.2, 0.25) is 19.6 Å². The highest BCUT2D eigenvalue weighted by Crippen LogP contribution is 2.43. The summed E-state index contributed by atoms with van der Waals surface area (Å²) < 4.78 is 5.13. The van der Waals surface area contributed by atoms with Crippen LogP contribution in [0.4, 0.5) is 11.4 Å². The summed E-state index contributed by atoms with van der Waals surface area (Å²) in [6.45, 7) is 9.46. The van der Waals surface area contributed by atoms with E-state index in [-0.39, 0.29) is 0 Å². The number of anilines is 2. The molecule has 0 saturated carbocycles. The van der Waals surface area contributed by atoms with E-state index in [1.54, 1.807) is 0 Å². The van der Waals surface area contributed by atoms with Gasteiger partial charge in [-0.3, -0.25) is 3.11 Å². The molecule has 4 rings (SSSR count). The summed E-state index contributed by atoms with van der Waals surface area (Å²) in [7, 11) is -1.42. The first-order chi connectivity index (χ1) is 12.4. The van der Waals surface area contributed by atoms with Crippen molar-refractivity contribution in [3.8, 4) is 0 Å². The highest BCUT2D eigenvalue weighted by atomic mass is 127. The second-order valence-electron chi connectivity index (χ2n) is 7.76. The Morgan fingerprint density at radius 1 is 0.769 bits per heavy atom. The summed E-state index contributed by atoms with van der Waals surface area (Å²) in [6, 6.07) is 22.2. The number of thiophene rings is 1. The summed E-state index contributed by atoms with van der Waals surface area (Å²) in [4.78, 5) is 0. The van der Waals surface area contributed by atoms with Crippen LogP contribution in [0.25, 0.3) is 20.2 Å². The summed E-state index contributed by atoms with van der Waals surface area (Å²) >= 11 is 4.40. The Hall–Kier alpha value is -1.37. The minimum atomic E-state index is -1.42. The molecule has 0 aliphatic carbocycles. The van der Waals surface area contributed by atoms with E-state index in [9.17, 15) is 0 Å². The van der Waals surface area contributed by atoms with Crippen LogP contribution >= 0.6 is 34.2 Å². The van der Waals surface area contributed by atoms with Crippen LogP contribution in [0.3, 0.4) is 0 Å². The van der Waals surface area contributed by atoms with Gasteiger partial charge in [0.15, 0.2) is 0 Å². The monoisotopic (exact) mass is 487 g/mol. The van der Waals surface area contributed by atoms with Gasteiger partial charge in [0.05, 0.1) is 47.0 Å². The first-order valence-corrected chi connectivity index (χ1v) is 14.1. The topological polar surface area (TPSA) is 3.24 Å². The summed E-state index contributed by atoms with van der Waals surface area (Å²) in [5.41, 5.74) is 3.97. The van der Waals surface area contributed by atoms with E-state index in [1.807, 2.05) is 11.3 Å². The predicted molar refractivity (Wildman–Crippen MR) is 130 cm³/mol. The van der Waals surface area contributed by atoms with Gasteiger partial charge in [-0.2, -0.15) is 0 Å². The van der Waals surface area contributed by atoms with Crippen molar-refractivity contribution in [2.24, 2.45) is 0 Å². The Balaban J connectivity index is 1.96. The summed E-state index contributed by atoms with van der Waals surface area (Å²) in [5.74, 6) is 0. The zero-order chi connectivity index (χ0) is 18.5. The number of halogens is 1. The fourth-order valence-corrected chi connectivity index (χ4v) is 7.56. The first-order valence-electron chi connectivity index (χ1n) is 8.84. The minimum Gasteiger partial charge on any atom is -0.282 e. The summed E-state index contributed by atoms with van der Waals surface area (Å²) in [5, 5.41) is 4.23. The highest BCUT2D eigenvalue weighted by Gasteiger charge is 2.23. The van der Waals surface area contributed by atoms with E-state index >= 15 is 0 Å². The van der Waals surface area contributed by atoms with Gasteiger partial charge >= 0.3 is 0 Å². The molecule has 0 radical (unpaired) electrons. The third-order valence-corrected chi connectivity index (χ3v) is 9.29. The average molecular weight is 487 g/mol. The lowest BCUT2D eigenvalue weighted by Gasteiger charge is -2.26. The molecule has 0 saturated heterocycles. The quantitative estimate of drug-likeness (QED) is 0.165. The van der Waals surface area contributed by atoms with Gasteiger partial charge in [-0.1, -0.05) is 68.2 Å². The van der Waals surface area contributed by atoms with E-state index in [2.05, 4.69) is 113 Å². The molecule has 3 aromatic carbocycles. The zero-order valence-electron chi connectivity index (χ0n) is 15.5. The molecule has 0 N–H and O–H groups in total. The number of aryl methyl sites for hydroxylation is 1. The van der Waals surface area contributed by atoms with E-state index < -0.39 is 8.07 Å². The first kappa shape index (κ1) is 18.0. The van der Waals surface area contributed by atoms with E-state index in [0.717, 1.165) is 0 Å². The van der Waals surface area contributed by atoms with Crippen molar-refractivity contribution in [2.45, 2.75) is 26.6 Å². The molecule has 0 atom stereocenters. The number of rotatable bonds is 3. The van der Waals surface area contributed by atoms with Gasteiger partial charge in [0, 0.05) is 15.5 Å². The van der Waals surface area contributed by atoms with Gasteiger partial charge < -0.3 is 0 Å². The van der Waals surface area contributed by atoms with Crippen molar-refractivity contribution in [1.29, 1.82) is 0 Å². The molecular weight excluding hydrogens is 465 g/mol. The van der Waals surface area contributed by atoms with Crippen LogP contribution < -0.4 is 8.30 Å². The summed E-state index contributed by atoms with van der Waals surface area (Å²) in [6.07, 6.45) is 0. The zero-order valence-corrected chi connectivity index (χ0v) is 19.5. The molecule has 0 spiro atoms. The Labute approximate surface area is 174 Å². The van der Waals surface area contributed by atoms with Crippen LogP contribution in [-0.4, -0.2) is 8.07 Å². The van der Waals surface area contributed by atoms with Gasteiger partial charge in [-0.25, -0.2) is 0 Å². The number of nitrogens with zero attached hydrogens (tertiary/aromatic N) is 1. The second-order valence-corrected chi connectivity index (χ2v) is 14.8. The molecule has 26 heavy (non-hydrogen) atoms. The number of para-hydroxylation sites is 1. The maximum absolute atomic E-state index is 2.48. The normalized spacial score (nSPS) is 12.0. The predicted octanol–water partition coefficient (Wildman–Crippen LogP) is 7.40. The third-order valence-electron chi connectivity index (χ3n) is 4.84. The molecule has 4 heteroatoms. The van der Waals surface area contributed by atoms with Crippen molar-refractivity contribution in [3.05, 3.63) is 66.2 Å². The standard InChI is InChI=1S/C22H22INSSi/c1-15-9-7-10-16-17-11-8-13-19(22(17)25-21(15)16)24(23)18-12-5-6-14-20(18)26(2,3)4/h5-14H,1-4H3. The van der Waals surface area contributed by atoms with Crippen molar-refractivity contribution < 1.29 is 0 Å². The molecule has 4 aromatic rings. The molecule has 0 unspecified atom stereocenters. The molecule has 0 aliphatic rings. The molecule has 0 amide bonds. The van der Waals surface area contributed by atoms with Crippen molar-refractivity contribution >= 4 is 79.0 Å². The minimum absolute atomic E-state index is 1.29. The van der Waals surface area contributed by atoms with Gasteiger partial charge in [-0.05, 0) is 29.8 Å². The van der Waals surface area contributed by atoms with Gasteiger partial charge in [0.1, 0.15) is 0 Å². The van der Waals surface area contributed by atoms with Gasteiger partial charge in [0.2, 0.25) is 0 Å². The second kappa shape index (κ2) is 6.66. The Morgan fingerprint density at radius 2 is 1.38 bits per heavy atom. The van der Waals surface area contributed by atoms with Gasteiger partial charge in [-0.15, -0.1) is 11.3 Å². The number of benzene rings is 3. The fraction of sp³-hybridized carbons (Fsp3) is 0.182. The number of hydrogen-bond acceptors (Lipinski definition) is 2. The Kier molecular flexibility index (Phi) is 4.61. The molecule has 1 heterocycles. The molecule has 0 fully saturated rings. The van der Waals surface area contributed by atoms with Crippen LogP contribution in [0.5, 0.6) is 0 Å². The lowest BCUT2D eigenvalue weighted by molar-refractivity contribution is 1.51. The largest absolute Gasteiger partial charge is 0.282 e. The van der Waals surface area contributed by atoms with Crippen LogP contribution in [0.1, 0.15) is 5.56 Å². The fourth-order valence-electron chi connectivity index (χ4n) is 3.51. The van der Waals surface area contributed by atoms with Crippen molar-refractivity contribution in [1.82, 2.24) is 0 Å². The lowest BCUT2D eigenvalue weighted by atomic mass is 10.1. The van der Waals surface area contributed by atoms with Crippen molar-refractivity contribution in [2.75, 3.05) is 3.11 Å². The van der Waals surface area contributed by atoms with Crippen LogP contribution in [-0.2, 0) is 0 Å². The molecule has 1 aromatic heterocycles. The maximum Gasteiger partial charge on any atom is 0.0803 e. The van der Waals surface area contributed by atoms with E-state index in [4.69, 9.17) is 0 Å². The SMILES string of the molecule is Cc1cccc2c1sc1c(N(I)c3ccccc3[Si](C)(C)C)cccc12. The Morgan fingerprint density at radius 3 is 2.12 bits per heavy atom. The van der Waals surface area contributed by atoms with E-state index in [0.29, 0.717) is 0 Å². The number of hydrogen-bond donors (Lipinski definition) is 0. The van der Waals surface area contributed by atoms with Crippen LogP contribution in [0.15, 0.2) is 60.7 Å². The molecule has 0 bridgehead atoms.